The van der Waals surface area contributed by atoms with E-state index in [1.54, 1.807) is 4.90 Å². The maximum atomic E-state index is 13.1. The van der Waals surface area contributed by atoms with Crippen LogP contribution in [0.25, 0.3) is 0 Å². The van der Waals surface area contributed by atoms with Crippen LogP contribution in [-0.2, 0) is 15.1 Å². The molecular weight excluding hydrogens is 314 g/mol. The molecule has 4 nitrogen and oxygen atoms in total. The minimum Gasteiger partial charge on any atom is -0.491 e. The number of amides is 1. The zero-order chi connectivity index (χ0) is 17.4. The van der Waals surface area contributed by atoms with Crippen LogP contribution >= 0.6 is 0 Å². The molecule has 0 aliphatic carbocycles. The standard InChI is InChI=1S/C21H23NO3/c1-15-12-17(14-24-16-8-4-3-5-9-16)25-21(13-15)18-10-6-7-11-19(18)22(2)20(21)23/h3-11,15,17H,12-14H2,1-2H3/t15-,17+,21-/m1/s1. The van der Waals surface area contributed by atoms with Crippen molar-refractivity contribution in [1.29, 1.82) is 0 Å². The van der Waals surface area contributed by atoms with Gasteiger partial charge in [-0.05, 0) is 37.0 Å². The Hall–Kier alpha value is -2.33. The van der Waals surface area contributed by atoms with Gasteiger partial charge in [0.15, 0.2) is 5.60 Å². The number of rotatable bonds is 3. The van der Waals surface area contributed by atoms with Crippen molar-refractivity contribution in [3.05, 3.63) is 60.2 Å². The van der Waals surface area contributed by atoms with Crippen LogP contribution in [-0.4, -0.2) is 25.7 Å². The first-order valence-electron chi connectivity index (χ1n) is 8.83. The number of fused-ring (bicyclic) bond motifs is 2. The second-order valence-electron chi connectivity index (χ2n) is 7.12. The van der Waals surface area contributed by atoms with Crippen molar-refractivity contribution in [2.75, 3.05) is 18.6 Å². The number of ether oxygens (including phenoxy) is 2. The van der Waals surface area contributed by atoms with E-state index >= 15 is 0 Å². The zero-order valence-corrected chi connectivity index (χ0v) is 14.6. The fourth-order valence-corrected chi connectivity index (χ4v) is 4.13. The summed E-state index contributed by atoms with van der Waals surface area (Å²) >= 11 is 0. The molecule has 4 heteroatoms. The molecular formula is C21H23NO3. The van der Waals surface area contributed by atoms with Crippen LogP contribution in [0.4, 0.5) is 5.69 Å². The van der Waals surface area contributed by atoms with Gasteiger partial charge >= 0.3 is 0 Å². The number of carbonyl (C=O) groups is 1. The molecule has 3 atom stereocenters. The van der Waals surface area contributed by atoms with E-state index < -0.39 is 5.60 Å². The lowest BCUT2D eigenvalue weighted by Crippen LogP contribution is -2.49. The van der Waals surface area contributed by atoms with Crippen LogP contribution in [0.1, 0.15) is 25.3 Å². The highest BCUT2D eigenvalue weighted by Crippen LogP contribution is 2.49. The summed E-state index contributed by atoms with van der Waals surface area (Å²) in [6, 6.07) is 17.7. The number of hydrogen-bond donors (Lipinski definition) is 0. The second-order valence-corrected chi connectivity index (χ2v) is 7.12. The highest BCUT2D eigenvalue weighted by molar-refractivity contribution is 6.06. The summed E-state index contributed by atoms with van der Waals surface area (Å²) in [6.07, 6.45) is 1.51. The number of anilines is 1. The molecule has 0 radical (unpaired) electrons. The van der Waals surface area contributed by atoms with E-state index in [2.05, 4.69) is 6.92 Å². The first kappa shape index (κ1) is 16.2. The molecule has 2 aromatic rings. The number of benzene rings is 2. The summed E-state index contributed by atoms with van der Waals surface area (Å²) in [6.45, 7) is 2.64. The lowest BCUT2D eigenvalue weighted by atomic mass is 9.80. The van der Waals surface area contributed by atoms with Crippen molar-refractivity contribution in [1.82, 2.24) is 0 Å². The number of carbonyl (C=O) groups excluding carboxylic acids is 1. The molecule has 2 aromatic carbocycles. The third-order valence-corrected chi connectivity index (χ3v) is 5.20. The van der Waals surface area contributed by atoms with Gasteiger partial charge in [0.25, 0.3) is 5.91 Å². The largest absolute Gasteiger partial charge is 0.491 e. The van der Waals surface area contributed by atoms with Gasteiger partial charge < -0.3 is 14.4 Å². The lowest BCUT2D eigenvalue weighted by molar-refractivity contribution is -0.174. The molecule has 2 aliphatic rings. The van der Waals surface area contributed by atoms with E-state index in [-0.39, 0.29) is 12.0 Å². The molecule has 4 rings (SSSR count). The maximum Gasteiger partial charge on any atom is 0.263 e. The topological polar surface area (TPSA) is 38.8 Å². The van der Waals surface area contributed by atoms with E-state index in [9.17, 15) is 4.79 Å². The quantitative estimate of drug-likeness (QED) is 0.856. The highest BCUT2D eigenvalue weighted by Gasteiger charge is 2.54. The summed E-state index contributed by atoms with van der Waals surface area (Å²) in [5, 5.41) is 0. The van der Waals surface area contributed by atoms with Gasteiger partial charge in [-0.15, -0.1) is 0 Å². The molecule has 0 aromatic heterocycles. The highest BCUT2D eigenvalue weighted by atomic mass is 16.6. The summed E-state index contributed by atoms with van der Waals surface area (Å²) in [4.78, 5) is 14.8. The molecule has 1 saturated heterocycles. The number of hydrogen-bond acceptors (Lipinski definition) is 3. The van der Waals surface area contributed by atoms with Crippen molar-refractivity contribution in [3.63, 3.8) is 0 Å². The smallest absolute Gasteiger partial charge is 0.263 e. The minimum absolute atomic E-state index is 0.0324. The molecule has 1 spiro atoms. The van der Waals surface area contributed by atoms with Crippen LogP contribution < -0.4 is 9.64 Å². The lowest BCUT2D eigenvalue weighted by Gasteiger charge is -2.40. The number of likely N-dealkylation sites (N-methyl/N-ethyl adjacent to an activating group) is 1. The van der Waals surface area contributed by atoms with E-state index in [4.69, 9.17) is 9.47 Å². The van der Waals surface area contributed by atoms with E-state index in [1.807, 2.05) is 61.6 Å². The molecule has 0 N–H and O–H groups in total. The summed E-state index contributed by atoms with van der Waals surface area (Å²) in [5.74, 6) is 1.25. The average Bonchev–Trinajstić information content (AvgIpc) is 2.83. The average molecular weight is 337 g/mol. The molecule has 2 aliphatic heterocycles. The van der Waals surface area contributed by atoms with Gasteiger partial charge in [0.2, 0.25) is 0 Å². The van der Waals surface area contributed by atoms with Gasteiger partial charge in [-0.1, -0.05) is 43.3 Å². The molecule has 1 amide bonds. The van der Waals surface area contributed by atoms with Crippen molar-refractivity contribution >= 4 is 11.6 Å². The molecule has 25 heavy (non-hydrogen) atoms. The van der Waals surface area contributed by atoms with Crippen LogP contribution in [0.2, 0.25) is 0 Å². The van der Waals surface area contributed by atoms with Crippen molar-refractivity contribution < 1.29 is 14.3 Å². The Morgan fingerprint density at radius 1 is 1.16 bits per heavy atom. The Balaban J connectivity index is 1.59. The van der Waals surface area contributed by atoms with E-state index in [1.165, 1.54) is 0 Å². The van der Waals surface area contributed by atoms with Crippen LogP contribution in [0.3, 0.4) is 0 Å². The second kappa shape index (κ2) is 6.19. The fraction of sp³-hybridized carbons (Fsp3) is 0.381. The van der Waals surface area contributed by atoms with Gasteiger partial charge in [-0.25, -0.2) is 0 Å². The molecule has 130 valence electrons. The predicted octanol–water partition coefficient (Wildman–Crippen LogP) is 3.75. The van der Waals surface area contributed by atoms with Gasteiger partial charge in [-0.3, -0.25) is 4.79 Å². The van der Waals surface area contributed by atoms with E-state index in [0.29, 0.717) is 12.5 Å². The number of nitrogens with zero attached hydrogens (tertiary/aromatic N) is 1. The van der Waals surface area contributed by atoms with Crippen LogP contribution in [0.15, 0.2) is 54.6 Å². The summed E-state index contributed by atoms with van der Waals surface area (Å²) in [7, 11) is 1.83. The minimum atomic E-state index is -0.867. The maximum absolute atomic E-state index is 13.1. The predicted molar refractivity (Wildman–Crippen MR) is 96.7 cm³/mol. The molecule has 0 unspecified atom stereocenters. The van der Waals surface area contributed by atoms with Crippen molar-refractivity contribution in [3.8, 4) is 5.75 Å². The van der Waals surface area contributed by atoms with Gasteiger partial charge in [-0.2, -0.15) is 0 Å². The van der Waals surface area contributed by atoms with Crippen molar-refractivity contribution in [2.24, 2.45) is 5.92 Å². The Bertz CT molecular complexity index is 776. The summed E-state index contributed by atoms with van der Waals surface area (Å²) in [5.41, 5.74) is 1.07. The Labute approximate surface area is 148 Å². The van der Waals surface area contributed by atoms with Gasteiger partial charge in [0, 0.05) is 12.6 Å². The molecule has 2 heterocycles. The van der Waals surface area contributed by atoms with Crippen LogP contribution in [0, 0.1) is 5.92 Å². The number of para-hydroxylation sites is 2. The molecule has 0 saturated carbocycles. The Kier molecular flexibility index (Phi) is 4.00. The Morgan fingerprint density at radius 3 is 2.68 bits per heavy atom. The van der Waals surface area contributed by atoms with Crippen molar-refractivity contribution in [2.45, 2.75) is 31.5 Å². The van der Waals surface area contributed by atoms with Gasteiger partial charge in [0.05, 0.1) is 11.8 Å². The normalized spacial score (nSPS) is 28.2. The first-order valence-corrected chi connectivity index (χ1v) is 8.83. The first-order chi connectivity index (χ1) is 12.1. The molecule has 1 fully saturated rings. The third-order valence-electron chi connectivity index (χ3n) is 5.20. The SMILES string of the molecule is C[C@@H]1C[C@@H](COc2ccccc2)O[C@@]2(C1)C(=O)N(C)c1ccccc12. The molecule has 0 bridgehead atoms. The fourth-order valence-electron chi connectivity index (χ4n) is 4.13. The van der Waals surface area contributed by atoms with Gasteiger partial charge in [0.1, 0.15) is 12.4 Å². The summed E-state index contributed by atoms with van der Waals surface area (Å²) < 4.78 is 12.3. The third kappa shape index (κ3) is 2.71. The zero-order valence-electron chi connectivity index (χ0n) is 14.6. The Morgan fingerprint density at radius 2 is 1.88 bits per heavy atom. The van der Waals surface area contributed by atoms with Crippen LogP contribution in [0.5, 0.6) is 5.75 Å². The van der Waals surface area contributed by atoms with E-state index in [0.717, 1.165) is 29.8 Å². The monoisotopic (exact) mass is 337 g/mol.